The van der Waals surface area contributed by atoms with Crippen LogP contribution in [0.5, 0.6) is 0 Å². The SMILES string of the molecule is CC1(C)CCCC1Nc1ccc(Br)cn1. The predicted octanol–water partition coefficient (Wildman–Crippen LogP) is 3.83. The summed E-state index contributed by atoms with van der Waals surface area (Å²) in [5.41, 5.74) is 0.398. The van der Waals surface area contributed by atoms with Crippen molar-refractivity contribution in [3.63, 3.8) is 0 Å². The second-order valence-corrected chi connectivity index (χ2v) is 5.86. The Bertz CT molecular complexity index is 332. The molecule has 1 aliphatic carbocycles. The van der Waals surface area contributed by atoms with Gasteiger partial charge in [0.2, 0.25) is 0 Å². The molecular formula is C12H17BrN2. The Balaban J connectivity index is 2.06. The highest BCUT2D eigenvalue weighted by Gasteiger charge is 2.34. The zero-order valence-corrected chi connectivity index (χ0v) is 10.8. The van der Waals surface area contributed by atoms with Gasteiger partial charge in [0.1, 0.15) is 5.82 Å². The van der Waals surface area contributed by atoms with Crippen LogP contribution in [-0.4, -0.2) is 11.0 Å². The van der Waals surface area contributed by atoms with Crippen molar-refractivity contribution in [2.24, 2.45) is 5.41 Å². The van der Waals surface area contributed by atoms with Crippen LogP contribution in [-0.2, 0) is 0 Å². The Morgan fingerprint density at radius 1 is 1.47 bits per heavy atom. The zero-order chi connectivity index (χ0) is 10.9. The molecule has 82 valence electrons. The van der Waals surface area contributed by atoms with Gasteiger partial charge in [-0.05, 0) is 46.3 Å². The molecule has 2 nitrogen and oxygen atoms in total. The van der Waals surface area contributed by atoms with Crippen LogP contribution >= 0.6 is 15.9 Å². The van der Waals surface area contributed by atoms with Crippen LogP contribution in [0.2, 0.25) is 0 Å². The fourth-order valence-electron chi connectivity index (χ4n) is 2.23. The normalized spacial score (nSPS) is 24.1. The van der Waals surface area contributed by atoms with Crippen molar-refractivity contribution >= 4 is 21.7 Å². The van der Waals surface area contributed by atoms with Gasteiger partial charge in [0.25, 0.3) is 0 Å². The summed E-state index contributed by atoms with van der Waals surface area (Å²) in [6, 6.07) is 4.61. The molecule has 0 radical (unpaired) electrons. The molecule has 0 bridgehead atoms. The molecule has 0 amide bonds. The molecule has 1 N–H and O–H groups in total. The molecule has 0 aliphatic heterocycles. The monoisotopic (exact) mass is 268 g/mol. The third-order valence-corrected chi connectivity index (χ3v) is 3.78. The quantitative estimate of drug-likeness (QED) is 0.882. The van der Waals surface area contributed by atoms with E-state index in [1.165, 1.54) is 19.3 Å². The number of halogens is 1. The zero-order valence-electron chi connectivity index (χ0n) is 9.26. The molecule has 0 aromatic carbocycles. The van der Waals surface area contributed by atoms with E-state index in [4.69, 9.17) is 0 Å². The number of nitrogens with zero attached hydrogens (tertiary/aromatic N) is 1. The number of anilines is 1. The lowest BCUT2D eigenvalue weighted by Gasteiger charge is -2.28. The minimum absolute atomic E-state index is 0.398. The van der Waals surface area contributed by atoms with Gasteiger partial charge in [-0.15, -0.1) is 0 Å². The molecule has 1 saturated carbocycles. The number of aromatic nitrogens is 1. The van der Waals surface area contributed by atoms with Gasteiger partial charge in [-0.2, -0.15) is 0 Å². The van der Waals surface area contributed by atoms with E-state index < -0.39 is 0 Å². The molecule has 1 heterocycles. The van der Waals surface area contributed by atoms with Crippen molar-refractivity contribution in [1.82, 2.24) is 4.98 Å². The van der Waals surface area contributed by atoms with E-state index in [1.54, 1.807) is 0 Å². The Morgan fingerprint density at radius 2 is 2.27 bits per heavy atom. The Kier molecular flexibility index (Phi) is 3.01. The first-order valence-electron chi connectivity index (χ1n) is 5.46. The molecule has 2 rings (SSSR count). The van der Waals surface area contributed by atoms with Crippen LogP contribution in [0.3, 0.4) is 0 Å². The maximum absolute atomic E-state index is 4.35. The van der Waals surface area contributed by atoms with Crippen LogP contribution in [0.1, 0.15) is 33.1 Å². The van der Waals surface area contributed by atoms with Gasteiger partial charge >= 0.3 is 0 Å². The minimum Gasteiger partial charge on any atom is -0.367 e. The van der Waals surface area contributed by atoms with Gasteiger partial charge in [0.05, 0.1) is 0 Å². The van der Waals surface area contributed by atoms with Crippen LogP contribution in [0.4, 0.5) is 5.82 Å². The first kappa shape index (κ1) is 10.9. The average Bonchev–Trinajstić information content (AvgIpc) is 2.50. The molecule has 0 spiro atoms. The van der Waals surface area contributed by atoms with Gasteiger partial charge in [-0.1, -0.05) is 20.3 Å². The molecule has 1 aliphatic rings. The second-order valence-electron chi connectivity index (χ2n) is 4.94. The first-order valence-corrected chi connectivity index (χ1v) is 6.25. The fourth-order valence-corrected chi connectivity index (χ4v) is 2.47. The van der Waals surface area contributed by atoms with Crippen LogP contribution < -0.4 is 5.32 Å². The Morgan fingerprint density at radius 3 is 2.80 bits per heavy atom. The molecule has 1 atom stereocenters. The van der Waals surface area contributed by atoms with Crippen molar-refractivity contribution in [2.45, 2.75) is 39.2 Å². The largest absolute Gasteiger partial charge is 0.367 e. The van der Waals surface area contributed by atoms with E-state index in [1.807, 2.05) is 18.3 Å². The number of hydrogen-bond donors (Lipinski definition) is 1. The lowest BCUT2D eigenvalue weighted by atomic mass is 9.87. The molecule has 1 fully saturated rings. The highest BCUT2D eigenvalue weighted by atomic mass is 79.9. The van der Waals surface area contributed by atoms with E-state index in [9.17, 15) is 0 Å². The first-order chi connectivity index (χ1) is 7.08. The lowest BCUT2D eigenvalue weighted by molar-refractivity contribution is 0.349. The summed E-state index contributed by atoms with van der Waals surface area (Å²) in [6.45, 7) is 4.66. The third kappa shape index (κ3) is 2.51. The Hall–Kier alpha value is -0.570. The molecular weight excluding hydrogens is 252 g/mol. The maximum Gasteiger partial charge on any atom is 0.126 e. The van der Waals surface area contributed by atoms with Crippen molar-refractivity contribution in [2.75, 3.05) is 5.32 Å². The Labute approximate surface area is 99.6 Å². The van der Waals surface area contributed by atoms with Crippen LogP contribution in [0, 0.1) is 5.41 Å². The predicted molar refractivity (Wildman–Crippen MR) is 67.0 cm³/mol. The molecule has 1 aromatic rings. The van der Waals surface area contributed by atoms with E-state index in [2.05, 4.69) is 40.1 Å². The van der Waals surface area contributed by atoms with Crippen molar-refractivity contribution in [1.29, 1.82) is 0 Å². The van der Waals surface area contributed by atoms with Crippen molar-refractivity contribution in [3.8, 4) is 0 Å². The van der Waals surface area contributed by atoms with Crippen LogP contribution in [0.15, 0.2) is 22.8 Å². The van der Waals surface area contributed by atoms with E-state index in [0.29, 0.717) is 11.5 Å². The standard InChI is InChI=1S/C12H17BrN2/c1-12(2)7-3-4-10(12)15-11-6-5-9(13)8-14-11/h5-6,8,10H,3-4,7H2,1-2H3,(H,14,15). The molecule has 0 saturated heterocycles. The fraction of sp³-hybridized carbons (Fsp3) is 0.583. The smallest absolute Gasteiger partial charge is 0.126 e. The highest BCUT2D eigenvalue weighted by molar-refractivity contribution is 9.10. The maximum atomic E-state index is 4.35. The summed E-state index contributed by atoms with van der Waals surface area (Å²) in [6.07, 6.45) is 5.72. The summed E-state index contributed by atoms with van der Waals surface area (Å²) in [5, 5.41) is 3.53. The highest BCUT2D eigenvalue weighted by Crippen LogP contribution is 2.38. The summed E-state index contributed by atoms with van der Waals surface area (Å²) in [7, 11) is 0. The summed E-state index contributed by atoms with van der Waals surface area (Å²) in [5.74, 6) is 0.984. The number of hydrogen-bond acceptors (Lipinski definition) is 2. The van der Waals surface area contributed by atoms with Gasteiger partial charge in [-0.3, -0.25) is 0 Å². The van der Waals surface area contributed by atoms with Gasteiger partial charge < -0.3 is 5.32 Å². The van der Waals surface area contributed by atoms with Gasteiger partial charge in [0, 0.05) is 16.7 Å². The second kappa shape index (κ2) is 4.12. The van der Waals surface area contributed by atoms with Crippen LogP contribution in [0.25, 0.3) is 0 Å². The van der Waals surface area contributed by atoms with Crippen molar-refractivity contribution in [3.05, 3.63) is 22.8 Å². The third-order valence-electron chi connectivity index (χ3n) is 3.31. The number of nitrogens with one attached hydrogen (secondary N) is 1. The lowest BCUT2D eigenvalue weighted by Crippen LogP contribution is -2.31. The number of rotatable bonds is 2. The topological polar surface area (TPSA) is 24.9 Å². The molecule has 3 heteroatoms. The van der Waals surface area contributed by atoms with E-state index >= 15 is 0 Å². The summed E-state index contributed by atoms with van der Waals surface area (Å²) in [4.78, 5) is 4.35. The van der Waals surface area contributed by atoms with Gasteiger partial charge in [0.15, 0.2) is 0 Å². The molecule has 1 aromatic heterocycles. The van der Waals surface area contributed by atoms with Crippen molar-refractivity contribution < 1.29 is 0 Å². The average molecular weight is 269 g/mol. The summed E-state index contributed by atoms with van der Waals surface area (Å²) < 4.78 is 1.03. The minimum atomic E-state index is 0.398. The molecule has 15 heavy (non-hydrogen) atoms. The van der Waals surface area contributed by atoms with E-state index in [-0.39, 0.29) is 0 Å². The van der Waals surface area contributed by atoms with E-state index in [0.717, 1.165) is 10.3 Å². The number of pyridine rings is 1. The van der Waals surface area contributed by atoms with Gasteiger partial charge in [-0.25, -0.2) is 4.98 Å². The summed E-state index contributed by atoms with van der Waals surface area (Å²) >= 11 is 3.39. The molecule has 1 unspecified atom stereocenters.